The molecule has 0 saturated carbocycles. The Labute approximate surface area is 69.9 Å². The van der Waals surface area contributed by atoms with E-state index in [1.165, 1.54) is 0 Å². The normalized spacial score (nSPS) is 44.8. The van der Waals surface area contributed by atoms with Crippen LogP contribution in [-0.2, 0) is 9.47 Å². The van der Waals surface area contributed by atoms with Crippen LogP contribution in [0.1, 0.15) is 0 Å². The third-order valence-electron chi connectivity index (χ3n) is 1.82. The zero-order valence-corrected chi connectivity index (χ0v) is 6.55. The number of hydrogen-bond donors (Lipinski definition) is 2. The highest BCUT2D eigenvalue weighted by Crippen LogP contribution is 2.24. The lowest BCUT2D eigenvalue weighted by Crippen LogP contribution is -2.37. The summed E-state index contributed by atoms with van der Waals surface area (Å²) in [5, 5.41) is 18.2. The molecule has 1 heterocycles. The van der Waals surface area contributed by atoms with Gasteiger partial charge in [-0.05, 0) is 6.92 Å². The lowest BCUT2D eigenvalue weighted by Gasteiger charge is -2.17. The summed E-state index contributed by atoms with van der Waals surface area (Å²) in [5.74, 6) is 0. The lowest BCUT2D eigenvalue weighted by atomic mass is 10.1. The largest absolute Gasteiger partial charge is 0.388 e. The predicted octanol–water partition coefficient (Wildman–Crippen LogP) is -0.871. The number of hydrogen-bond acceptors (Lipinski definition) is 4. The molecule has 1 aliphatic heterocycles. The quantitative estimate of drug-likeness (QED) is 0.577. The molecule has 1 aliphatic rings. The van der Waals surface area contributed by atoms with E-state index < -0.39 is 30.8 Å². The summed E-state index contributed by atoms with van der Waals surface area (Å²) in [4.78, 5) is 0. The predicted molar refractivity (Wildman–Crippen MR) is 36.9 cm³/mol. The molecule has 0 aliphatic carbocycles. The first-order valence-corrected chi connectivity index (χ1v) is 3.52. The molecule has 4 nitrogen and oxygen atoms in total. The molecule has 0 bridgehead atoms. The number of rotatable bonds is 2. The zero-order chi connectivity index (χ0) is 9.30. The Morgan fingerprint density at radius 2 is 2.08 bits per heavy atom. The van der Waals surface area contributed by atoms with Gasteiger partial charge < -0.3 is 19.7 Å². The minimum atomic E-state index is -1.77. The van der Waals surface area contributed by atoms with E-state index in [2.05, 4.69) is 4.74 Å². The van der Waals surface area contributed by atoms with Crippen molar-refractivity contribution in [2.24, 2.45) is 0 Å². The van der Waals surface area contributed by atoms with E-state index >= 15 is 0 Å². The summed E-state index contributed by atoms with van der Waals surface area (Å²) in [6.07, 6.45) is -6.64. The molecule has 70 valence electrons. The van der Waals surface area contributed by atoms with Crippen molar-refractivity contribution < 1.29 is 24.1 Å². The topological polar surface area (TPSA) is 58.9 Å². The number of aliphatic hydroxyl groups is 2. The number of alkyl halides is 1. The molecule has 0 aromatic rings. The lowest BCUT2D eigenvalue weighted by molar-refractivity contribution is -0.132. The number of halogens is 1. The minimum absolute atomic E-state index is 1.06. The molecule has 1 fully saturated rings. The van der Waals surface area contributed by atoms with Gasteiger partial charge in [0, 0.05) is 7.11 Å². The van der Waals surface area contributed by atoms with Crippen LogP contribution in [0, 0.1) is 6.92 Å². The van der Waals surface area contributed by atoms with E-state index in [9.17, 15) is 4.39 Å². The second kappa shape index (κ2) is 3.66. The number of methoxy groups -OCH3 is 1. The van der Waals surface area contributed by atoms with Gasteiger partial charge in [-0.1, -0.05) is 0 Å². The Kier molecular flexibility index (Phi) is 3.00. The van der Waals surface area contributed by atoms with Crippen LogP contribution in [0.25, 0.3) is 0 Å². The molecular formula is C7H11FO4. The molecule has 5 heteroatoms. The van der Waals surface area contributed by atoms with Gasteiger partial charge in [-0.3, -0.25) is 0 Å². The summed E-state index contributed by atoms with van der Waals surface area (Å²) in [5.41, 5.74) is 0. The van der Waals surface area contributed by atoms with E-state index in [0.717, 1.165) is 7.11 Å². The molecular weight excluding hydrogens is 167 g/mol. The SMILES string of the molecule is [CH][C@@H]1O[C@@H]([C@@H](F)OC)[C@H](O)C1O. The van der Waals surface area contributed by atoms with E-state index in [4.69, 9.17) is 21.9 Å². The summed E-state index contributed by atoms with van der Waals surface area (Å²) >= 11 is 0. The minimum Gasteiger partial charge on any atom is -0.388 e. The van der Waals surface area contributed by atoms with Crippen molar-refractivity contribution >= 4 is 0 Å². The maximum absolute atomic E-state index is 12.8. The first-order chi connectivity index (χ1) is 5.57. The molecule has 12 heavy (non-hydrogen) atoms. The fraction of sp³-hybridized carbons (Fsp3) is 0.857. The summed E-state index contributed by atoms with van der Waals surface area (Å²) in [6.45, 7) is 5.20. The van der Waals surface area contributed by atoms with Gasteiger partial charge >= 0.3 is 0 Å². The van der Waals surface area contributed by atoms with Crippen molar-refractivity contribution in [3.05, 3.63) is 6.92 Å². The van der Waals surface area contributed by atoms with E-state index in [1.807, 2.05) is 0 Å². The summed E-state index contributed by atoms with van der Waals surface area (Å²) in [7, 11) is 1.14. The molecule has 0 aromatic carbocycles. The summed E-state index contributed by atoms with van der Waals surface area (Å²) < 4.78 is 21.8. The van der Waals surface area contributed by atoms with Crippen LogP contribution in [0.2, 0.25) is 0 Å². The maximum Gasteiger partial charge on any atom is 0.227 e. The van der Waals surface area contributed by atoms with E-state index in [0.29, 0.717) is 0 Å². The fourth-order valence-electron chi connectivity index (χ4n) is 1.08. The third kappa shape index (κ3) is 1.59. The molecule has 1 unspecified atom stereocenters. The smallest absolute Gasteiger partial charge is 0.227 e. The Bertz CT molecular complexity index is 154. The number of ether oxygens (including phenoxy) is 2. The Morgan fingerprint density at radius 1 is 1.50 bits per heavy atom. The zero-order valence-electron chi connectivity index (χ0n) is 6.55. The highest BCUT2D eigenvalue weighted by Gasteiger charge is 2.44. The second-order valence-electron chi connectivity index (χ2n) is 2.63. The average Bonchev–Trinajstić information content (AvgIpc) is 2.32. The molecule has 2 N–H and O–H groups in total. The fourth-order valence-corrected chi connectivity index (χ4v) is 1.08. The number of aliphatic hydroxyl groups excluding tert-OH is 2. The first-order valence-electron chi connectivity index (χ1n) is 3.52. The van der Waals surface area contributed by atoms with E-state index in [-0.39, 0.29) is 0 Å². The third-order valence-corrected chi connectivity index (χ3v) is 1.82. The molecule has 0 spiro atoms. The van der Waals surface area contributed by atoms with Crippen LogP contribution in [0.5, 0.6) is 0 Å². The van der Waals surface area contributed by atoms with Crippen LogP contribution < -0.4 is 0 Å². The second-order valence-corrected chi connectivity index (χ2v) is 2.63. The molecule has 0 amide bonds. The van der Waals surface area contributed by atoms with Gasteiger partial charge in [-0.15, -0.1) is 0 Å². The summed E-state index contributed by atoms with van der Waals surface area (Å²) in [6, 6.07) is 0. The van der Waals surface area contributed by atoms with Gasteiger partial charge in [-0.2, -0.15) is 0 Å². The van der Waals surface area contributed by atoms with Crippen molar-refractivity contribution in [2.75, 3.05) is 7.11 Å². The van der Waals surface area contributed by atoms with Gasteiger partial charge in [-0.25, -0.2) is 4.39 Å². The standard InChI is InChI=1S/C7H11FO4/c1-3-4(9)5(10)6(12-3)7(8)11-2/h1,3-7,9-10H,2H3/t3-,4?,5+,6+,7-/m0/s1. The van der Waals surface area contributed by atoms with Gasteiger partial charge in [0.25, 0.3) is 0 Å². The highest BCUT2D eigenvalue weighted by molar-refractivity contribution is 4.92. The van der Waals surface area contributed by atoms with Crippen molar-refractivity contribution in [1.29, 1.82) is 0 Å². The van der Waals surface area contributed by atoms with Crippen molar-refractivity contribution in [3.63, 3.8) is 0 Å². The van der Waals surface area contributed by atoms with Crippen molar-refractivity contribution in [2.45, 2.75) is 30.8 Å². The molecule has 0 aromatic heterocycles. The Morgan fingerprint density at radius 3 is 2.42 bits per heavy atom. The van der Waals surface area contributed by atoms with Crippen LogP contribution >= 0.6 is 0 Å². The molecule has 2 radical (unpaired) electrons. The van der Waals surface area contributed by atoms with Gasteiger partial charge in [0.05, 0.1) is 6.10 Å². The molecule has 1 rings (SSSR count). The van der Waals surface area contributed by atoms with Gasteiger partial charge in [0.1, 0.15) is 18.3 Å². The Hall–Kier alpha value is -0.230. The van der Waals surface area contributed by atoms with Crippen molar-refractivity contribution in [1.82, 2.24) is 0 Å². The van der Waals surface area contributed by atoms with Crippen LogP contribution in [0.4, 0.5) is 4.39 Å². The van der Waals surface area contributed by atoms with Crippen LogP contribution in [-0.4, -0.2) is 48.1 Å². The first kappa shape index (κ1) is 9.85. The molecule has 1 saturated heterocycles. The van der Waals surface area contributed by atoms with Crippen LogP contribution in [0.15, 0.2) is 0 Å². The molecule has 5 atom stereocenters. The monoisotopic (exact) mass is 178 g/mol. The van der Waals surface area contributed by atoms with Gasteiger partial charge in [0.15, 0.2) is 0 Å². The van der Waals surface area contributed by atoms with Crippen molar-refractivity contribution in [3.8, 4) is 0 Å². The van der Waals surface area contributed by atoms with E-state index in [1.54, 1.807) is 0 Å². The average molecular weight is 178 g/mol. The van der Waals surface area contributed by atoms with Gasteiger partial charge in [0.2, 0.25) is 6.36 Å². The van der Waals surface area contributed by atoms with Crippen LogP contribution in [0.3, 0.4) is 0 Å². The highest BCUT2D eigenvalue weighted by atomic mass is 19.1. The maximum atomic E-state index is 12.8. The Balaban J connectivity index is 2.58.